The van der Waals surface area contributed by atoms with E-state index in [1.54, 1.807) is 12.1 Å². The van der Waals surface area contributed by atoms with Gasteiger partial charge in [-0.15, -0.1) is 0 Å². The van der Waals surface area contributed by atoms with Crippen LogP contribution in [-0.2, 0) is 11.4 Å². The van der Waals surface area contributed by atoms with E-state index in [1.807, 2.05) is 0 Å². The molecule has 2 heterocycles. The van der Waals surface area contributed by atoms with Crippen molar-refractivity contribution in [3.8, 4) is 11.9 Å². The van der Waals surface area contributed by atoms with Gasteiger partial charge in [-0.2, -0.15) is 0 Å². The number of rotatable bonds is 5. The van der Waals surface area contributed by atoms with Gasteiger partial charge in [-0.3, -0.25) is 4.79 Å². The van der Waals surface area contributed by atoms with Crippen molar-refractivity contribution < 1.29 is 38.1 Å². The normalized spacial score (nSPS) is 9.30. The van der Waals surface area contributed by atoms with Gasteiger partial charge in [0, 0.05) is 12.1 Å². The lowest BCUT2D eigenvalue weighted by Crippen LogP contribution is -1.92. The Hall–Kier alpha value is -2.74. The van der Waals surface area contributed by atoms with Gasteiger partial charge in [-0.05, 0) is 12.1 Å². The number of carbonyl (C=O) groups excluding carboxylic acids is 1. The van der Waals surface area contributed by atoms with Crippen LogP contribution in [0.15, 0.2) is 33.1 Å². The molecule has 2 aromatic rings. The highest BCUT2D eigenvalue weighted by Crippen LogP contribution is 2.15. The van der Waals surface area contributed by atoms with Crippen LogP contribution in [0.1, 0.15) is 16.3 Å². The molecule has 0 amide bonds. The monoisotopic (exact) mass is 284 g/mol. The van der Waals surface area contributed by atoms with Crippen LogP contribution in [0.4, 0.5) is 0 Å². The number of furan rings is 2. The van der Waals surface area contributed by atoms with Gasteiger partial charge in [0.05, 0.1) is 7.11 Å². The first-order chi connectivity index (χ1) is 9.60. The maximum atomic E-state index is 10.2. The highest BCUT2D eigenvalue weighted by atomic mass is 16.6. The maximum Gasteiger partial charge on any atom is 0.371 e. The fourth-order valence-corrected chi connectivity index (χ4v) is 1.10. The summed E-state index contributed by atoms with van der Waals surface area (Å²) in [7, 11) is 1.51. The zero-order valence-corrected chi connectivity index (χ0v) is 10.4. The molecule has 0 saturated heterocycles. The van der Waals surface area contributed by atoms with Crippen LogP contribution in [0.2, 0.25) is 0 Å². The van der Waals surface area contributed by atoms with E-state index >= 15 is 0 Å². The fraction of sp³-hybridized carbons (Fsp3) is 0.167. The van der Waals surface area contributed by atoms with Crippen molar-refractivity contribution in [1.82, 2.24) is 0 Å². The number of carboxylic acids is 1. The van der Waals surface area contributed by atoms with Gasteiger partial charge in [0.1, 0.15) is 12.4 Å². The minimum atomic E-state index is -1.20. The van der Waals surface area contributed by atoms with E-state index in [1.165, 1.54) is 19.2 Å². The van der Waals surface area contributed by atoms with Crippen molar-refractivity contribution in [3.63, 3.8) is 0 Å². The summed E-state index contributed by atoms with van der Waals surface area (Å²) in [6.45, 7) is 0.0772. The molecule has 0 aromatic carbocycles. The number of aliphatic hydroxyl groups excluding tert-OH is 1. The molecule has 0 atom stereocenters. The van der Waals surface area contributed by atoms with Crippen LogP contribution >= 0.6 is 0 Å². The molecule has 0 saturated carbocycles. The SMILES string of the molecule is COc1ccc(CO)o1.O=COc1ccc(C(=O)O)o1. The summed E-state index contributed by atoms with van der Waals surface area (Å²) in [6.07, 6.45) is 0. The van der Waals surface area contributed by atoms with Crippen LogP contribution in [0.25, 0.3) is 0 Å². The highest BCUT2D eigenvalue weighted by Gasteiger charge is 2.08. The van der Waals surface area contributed by atoms with E-state index in [0.29, 0.717) is 11.7 Å². The van der Waals surface area contributed by atoms with E-state index in [0.717, 1.165) is 0 Å². The molecule has 0 fully saturated rings. The molecule has 2 N–H and O–H groups in total. The summed E-state index contributed by atoms with van der Waals surface area (Å²) >= 11 is 0. The zero-order chi connectivity index (χ0) is 15.0. The van der Waals surface area contributed by atoms with Gasteiger partial charge in [0.25, 0.3) is 11.9 Å². The lowest BCUT2D eigenvalue weighted by Gasteiger charge is -1.89. The summed E-state index contributed by atoms with van der Waals surface area (Å²) in [5.41, 5.74) is 0. The van der Waals surface area contributed by atoms with Gasteiger partial charge in [-0.1, -0.05) is 0 Å². The standard InChI is InChI=1S/C6H4O5.C6H8O3/c7-3-10-5-2-1-4(11-5)6(8)9;1-8-6-3-2-5(4-7)9-6/h1-3H,(H,8,9);2-3,7H,4H2,1H3. The average Bonchev–Trinajstić information content (AvgIpc) is 3.08. The number of carboxylic acid groups (broad SMARTS) is 1. The first kappa shape index (κ1) is 15.3. The van der Waals surface area contributed by atoms with Crippen molar-refractivity contribution in [2.75, 3.05) is 7.11 Å². The summed E-state index contributed by atoms with van der Waals surface area (Å²) in [5.74, 6) is -0.643. The number of hydrogen-bond acceptors (Lipinski definition) is 7. The quantitative estimate of drug-likeness (QED) is 0.788. The number of aromatic carboxylic acids is 1. The zero-order valence-electron chi connectivity index (χ0n) is 10.4. The molecule has 20 heavy (non-hydrogen) atoms. The molecule has 8 nitrogen and oxygen atoms in total. The molecule has 0 bridgehead atoms. The largest absolute Gasteiger partial charge is 0.475 e. The molecule has 0 aliphatic heterocycles. The second-order valence-electron chi connectivity index (χ2n) is 3.22. The van der Waals surface area contributed by atoms with Crippen molar-refractivity contribution >= 4 is 12.4 Å². The summed E-state index contributed by atoms with van der Waals surface area (Å²) < 4.78 is 18.4. The molecule has 0 spiro atoms. The Bertz CT molecular complexity index is 535. The van der Waals surface area contributed by atoms with Crippen molar-refractivity contribution in [2.45, 2.75) is 6.61 Å². The van der Waals surface area contributed by atoms with Crippen LogP contribution < -0.4 is 9.47 Å². The molecule has 0 radical (unpaired) electrons. The lowest BCUT2D eigenvalue weighted by molar-refractivity contribution is -0.121. The third kappa shape index (κ3) is 4.50. The number of carbonyl (C=O) groups is 2. The van der Waals surface area contributed by atoms with Crippen LogP contribution in [0.3, 0.4) is 0 Å². The van der Waals surface area contributed by atoms with Gasteiger partial charge >= 0.3 is 12.4 Å². The number of methoxy groups -OCH3 is 1. The second kappa shape index (κ2) is 7.64. The summed E-state index contributed by atoms with van der Waals surface area (Å²) in [4.78, 5) is 19.9. The Kier molecular flexibility index (Phi) is 5.85. The summed E-state index contributed by atoms with van der Waals surface area (Å²) in [5, 5.41) is 16.8. The van der Waals surface area contributed by atoms with Gasteiger partial charge < -0.3 is 28.5 Å². The van der Waals surface area contributed by atoms with Gasteiger partial charge in [0.15, 0.2) is 0 Å². The van der Waals surface area contributed by atoms with Crippen LogP contribution in [-0.4, -0.2) is 29.8 Å². The number of hydrogen-bond donors (Lipinski definition) is 2. The number of ether oxygens (including phenoxy) is 2. The van der Waals surface area contributed by atoms with Crippen LogP contribution in [0, 0.1) is 0 Å². The van der Waals surface area contributed by atoms with Crippen molar-refractivity contribution in [1.29, 1.82) is 0 Å². The van der Waals surface area contributed by atoms with Crippen LogP contribution in [0.5, 0.6) is 11.9 Å². The Labute approximate surface area is 113 Å². The fourth-order valence-electron chi connectivity index (χ4n) is 1.10. The molecule has 2 aromatic heterocycles. The molecular weight excluding hydrogens is 272 g/mol. The van der Waals surface area contributed by atoms with Gasteiger partial charge in [-0.25, -0.2) is 4.79 Å². The molecule has 2 rings (SSSR count). The molecule has 8 heteroatoms. The van der Waals surface area contributed by atoms with Crippen molar-refractivity contribution in [3.05, 3.63) is 35.8 Å². The summed E-state index contributed by atoms with van der Waals surface area (Å²) in [6, 6.07) is 5.77. The topological polar surface area (TPSA) is 119 Å². The lowest BCUT2D eigenvalue weighted by atomic mass is 10.5. The minimum absolute atomic E-state index is 0.0800. The molecular formula is C12H12O8. The van der Waals surface area contributed by atoms with E-state index in [-0.39, 0.29) is 24.8 Å². The Morgan fingerprint density at radius 3 is 2.35 bits per heavy atom. The van der Waals surface area contributed by atoms with E-state index in [9.17, 15) is 9.59 Å². The predicted molar refractivity (Wildman–Crippen MR) is 63.5 cm³/mol. The Morgan fingerprint density at radius 1 is 1.25 bits per heavy atom. The van der Waals surface area contributed by atoms with E-state index in [2.05, 4.69) is 9.15 Å². The highest BCUT2D eigenvalue weighted by molar-refractivity contribution is 5.84. The third-order valence-corrected chi connectivity index (χ3v) is 1.95. The molecule has 0 unspecified atom stereocenters. The first-order valence-corrected chi connectivity index (χ1v) is 5.27. The Morgan fingerprint density at radius 2 is 1.95 bits per heavy atom. The Balaban J connectivity index is 0.000000204. The predicted octanol–water partition coefficient (Wildman–Crippen LogP) is 1.29. The number of aliphatic hydroxyl groups is 1. The minimum Gasteiger partial charge on any atom is -0.475 e. The molecule has 0 aliphatic carbocycles. The van der Waals surface area contributed by atoms with Crippen molar-refractivity contribution in [2.24, 2.45) is 0 Å². The first-order valence-electron chi connectivity index (χ1n) is 5.27. The second-order valence-corrected chi connectivity index (χ2v) is 3.22. The smallest absolute Gasteiger partial charge is 0.371 e. The molecule has 0 aliphatic rings. The third-order valence-electron chi connectivity index (χ3n) is 1.95. The maximum absolute atomic E-state index is 10.2. The van der Waals surface area contributed by atoms with E-state index < -0.39 is 5.97 Å². The average molecular weight is 284 g/mol. The van der Waals surface area contributed by atoms with Gasteiger partial charge in [0.2, 0.25) is 5.76 Å². The van der Waals surface area contributed by atoms with E-state index in [4.69, 9.17) is 19.4 Å². The molecule has 108 valence electrons.